The van der Waals surface area contributed by atoms with E-state index >= 15 is 0 Å². The van der Waals surface area contributed by atoms with Crippen molar-refractivity contribution in [2.75, 3.05) is 10.6 Å². The van der Waals surface area contributed by atoms with Gasteiger partial charge in [0.1, 0.15) is 46.7 Å². The van der Waals surface area contributed by atoms with Crippen LogP contribution in [0.1, 0.15) is 81.0 Å². The summed E-state index contributed by atoms with van der Waals surface area (Å²) in [6, 6.07) is 3.17. The lowest BCUT2D eigenvalue weighted by molar-refractivity contribution is -0.272. The lowest BCUT2D eigenvalue weighted by Gasteiger charge is -2.27. The fraction of sp³-hybridized carbons (Fsp3) is 0.350. The van der Waals surface area contributed by atoms with Crippen LogP contribution in [0, 0.1) is 23.3 Å². The fourth-order valence-corrected chi connectivity index (χ4v) is 7.35. The van der Waals surface area contributed by atoms with Gasteiger partial charge in [-0.05, 0) is 74.9 Å². The number of hydrogen-bond acceptors (Lipinski definition) is 8. The van der Waals surface area contributed by atoms with Crippen LogP contribution in [0.25, 0.3) is 0 Å². The number of aromatic nitrogens is 2. The number of carbonyl (C=O) groups excluding carboxylic acids is 4. The number of ether oxygens (including phenoxy) is 2. The predicted octanol–water partition coefficient (Wildman–Crippen LogP) is 6.70. The molecule has 0 unspecified atom stereocenters. The van der Waals surface area contributed by atoms with Crippen LogP contribution in [0.4, 0.5) is 55.3 Å². The van der Waals surface area contributed by atoms with Crippen molar-refractivity contribution in [3.63, 3.8) is 0 Å². The van der Waals surface area contributed by atoms with Crippen molar-refractivity contribution in [1.82, 2.24) is 20.6 Å². The van der Waals surface area contributed by atoms with E-state index in [0.29, 0.717) is 12.1 Å². The number of halogens is 10. The summed E-state index contributed by atoms with van der Waals surface area (Å²) in [4.78, 5) is 57.8. The summed E-state index contributed by atoms with van der Waals surface area (Å²) in [5.41, 5.74) is -5.73. The number of nitrogens with zero attached hydrogens (tertiary/aromatic N) is 2. The van der Waals surface area contributed by atoms with Crippen molar-refractivity contribution in [1.29, 1.82) is 0 Å². The summed E-state index contributed by atoms with van der Waals surface area (Å²) in [7, 11) is 0. The fourth-order valence-electron chi connectivity index (χ4n) is 7.35. The molecule has 0 spiro atoms. The number of nitrogens with one attached hydrogen (secondary N) is 4. The van der Waals surface area contributed by atoms with Crippen LogP contribution in [0.5, 0.6) is 0 Å². The molecule has 6 heterocycles. The molecule has 12 nitrogen and oxygen atoms in total. The Kier molecular flexibility index (Phi) is 11.3. The highest BCUT2D eigenvalue weighted by Crippen LogP contribution is 2.49. The molecule has 4 amide bonds. The summed E-state index contributed by atoms with van der Waals surface area (Å²) < 4.78 is 145. The summed E-state index contributed by atoms with van der Waals surface area (Å²) >= 11 is 0. The second-order valence-electron chi connectivity index (χ2n) is 15.0. The normalized spacial score (nSPS) is 22.9. The van der Waals surface area contributed by atoms with Crippen LogP contribution >= 0.6 is 0 Å². The van der Waals surface area contributed by atoms with Gasteiger partial charge in [0, 0.05) is 46.8 Å². The molecule has 0 aliphatic carbocycles. The Morgan fingerprint density at radius 2 is 1.00 bits per heavy atom. The summed E-state index contributed by atoms with van der Waals surface area (Å²) in [5.74, 6) is -6.71. The summed E-state index contributed by atoms with van der Waals surface area (Å²) in [6.45, 7) is 1.13. The number of carbonyl (C=O) groups is 4. The van der Waals surface area contributed by atoms with E-state index in [4.69, 9.17) is 9.47 Å². The Labute approximate surface area is 343 Å². The van der Waals surface area contributed by atoms with Crippen molar-refractivity contribution in [3.8, 4) is 0 Å². The van der Waals surface area contributed by atoms with E-state index in [1.807, 2.05) is 0 Å². The molecular formula is C40H32F10N6O6. The third kappa shape index (κ3) is 8.15. The molecule has 0 saturated carbocycles. The number of benzene rings is 2. The molecule has 0 radical (unpaired) electrons. The summed E-state index contributed by atoms with van der Waals surface area (Å²) in [5, 5.41) is 9.43. The van der Waals surface area contributed by atoms with Gasteiger partial charge in [-0.1, -0.05) is 0 Å². The highest BCUT2D eigenvalue weighted by Gasteiger charge is 2.58. The number of anilines is 2. The first kappa shape index (κ1) is 43.9. The second kappa shape index (κ2) is 15.9. The molecule has 4 atom stereocenters. The zero-order valence-corrected chi connectivity index (χ0v) is 32.1. The Morgan fingerprint density at radius 1 is 0.629 bits per heavy atom. The molecule has 4 aliphatic heterocycles. The average Bonchev–Trinajstić information content (AvgIpc) is 3.62. The van der Waals surface area contributed by atoms with E-state index < -0.39 is 82.5 Å². The van der Waals surface area contributed by atoms with Gasteiger partial charge >= 0.3 is 12.4 Å². The number of fused-ring (bicyclic) bond motifs is 4. The maximum atomic E-state index is 14.0. The standard InChI is InChI=1S/2C20H16F5N3O3/c2*1-19(20(23,24)25)12-6-15(26-7-10(12)8-31-19)18(30)27-14-3-2-9-4-11(21)5-13(22)16(9)28-17(14)29/h2*4-7,14H,2-3,8H2,1H3,(H,27,30)(H,28,29)/t14-,19+;14-,19-/m00/s1. The molecule has 2 aromatic carbocycles. The largest absolute Gasteiger partial charge is 0.421 e. The van der Waals surface area contributed by atoms with Crippen molar-refractivity contribution in [2.24, 2.45) is 0 Å². The van der Waals surface area contributed by atoms with Gasteiger partial charge in [-0.15, -0.1) is 0 Å². The smallest absolute Gasteiger partial charge is 0.356 e. The molecular weight excluding hydrogens is 850 g/mol. The topological polar surface area (TPSA) is 161 Å². The van der Waals surface area contributed by atoms with E-state index in [2.05, 4.69) is 31.2 Å². The Bertz CT molecular complexity index is 2350. The van der Waals surface area contributed by atoms with Gasteiger partial charge in [-0.3, -0.25) is 29.1 Å². The maximum Gasteiger partial charge on any atom is 0.421 e. The number of amides is 4. The zero-order chi connectivity index (χ0) is 45.1. The second-order valence-corrected chi connectivity index (χ2v) is 15.0. The molecule has 0 bridgehead atoms. The van der Waals surface area contributed by atoms with Crippen molar-refractivity contribution in [2.45, 2.75) is 88.4 Å². The van der Waals surface area contributed by atoms with Gasteiger partial charge in [0.2, 0.25) is 11.8 Å². The minimum atomic E-state index is -4.71. The van der Waals surface area contributed by atoms with E-state index in [9.17, 15) is 63.1 Å². The van der Waals surface area contributed by atoms with Gasteiger partial charge in [0.15, 0.2) is 11.2 Å². The molecule has 22 heteroatoms. The van der Waals surface area contributed by atoms with Crippen LogP contribution in [0.15, 0.2) is 48.8 Å². The van der Waals surface area contributed by atoms with E-state index in [0.717, 1.165) is 50.5 Å². The molecule has 328 valence electrons. The molecule has 8 rings (SSSR count). The number of pyridine rings is 2. The quantitative estimate of drug-likeness (QED) is 0.165. The molecule has 62 heavy (non-hydrogen) atoms. The van der Waals surface area contributed by atoms with Gasteiger partial charge in [0.05, 0.1) is 24.6 Å². The zero-order valence-electron chi connectivity index (χ0n) is 32.1. The van der Waals surface area contributed by atoms with Crippen LogP contribution in [-0.2, 0) is 56.3 Å². The van der Waals surface area contributed by atoms with Gasteiger partial charge in [-0.25, -0.2) is 17.6 Å². The van der Waals surface area contributed by atoms with Crippen molar-refractivity contribution in [3.05, 3.63) is 117 Å². The van der Waals surface area contributed by atoms with E-state index in [-0.39, 0.29) is 95.0 Å². The number of hydrogen-bond donors (Lipinski definition) is 4. The first-order chi connectivity index (χ1) is 29.0. The molecule has 2 aromatic heterocycles. The molecule has 4 aliphatic rings. The first-order valence-corrected chi connectivity index (χ1v) is 18.6. The molecule has 4 aromatic rings. The van der Waals surface area contributed by atoms with E-state index in [1.54, 1.807) is 0 Å². The molecule has 0 fully saturated rings. The minimum absolute atomic E-state index is 0.0295. The lowest BCUT2D eigenvalue weighted by Crippen LogP contribution is -2.43. The SMILES string of the molecule is C[C@@]1(C(F)(F)F)OCc2cnc(C(=O)N[C@H]3CCc4cc(F)cc(F)c4NC3=O)cc21.C[C@]1(C(F)(F)F)OCc2cnc(C(=O)N[C@H]3CCc4cc(F)cc(F)c4NC3=O)cc21. The number of rotatable bonds is 4. The van der Waals surface area contributed by atoms with Crippen LogP contribution < -0.4 is 21.3 Å². The molecule has 4 N–H and O–H groups in total. The third-order valence-corrected chi connectivity index (χ3v) is 11.0. The van der Waals surface area contributed by atoms with Crippen molar-refractivity contribution < 1.29 is 72.6 Å². The minimum Gasteiger partial charge on any atom is -0.356 e. The van der Waals surface area contributed by atoms with Gasteiger partial charge in [-0.2, -0.15) is 26.3 Å². The lowest BCUT2D eigenvalue weighted by atomic mass is 9.94. The average molecular weight is 883 g/mol. The maximum absolute atomic E-state index is 14.0. The number of aryl methyl sites for hydroxylation is 2. The van der Waals surface area contributed by atoms with Gasteiger partial charge in [0.25, 0.3) is 11.8 Å². The van der Waals surface area contributed by atoms with E-state index in [1.165, 1.54) is 0 Å². The molecule has 0 saturated heterocycles. The predicted molar refractivity (Wildman–Crippen MR) is 194 cm³/mol. The van der Waals surface area contributed by atoms with Crippen LogP contribution in [0.3, 0.4) is 0 Å². The van der Waals surface area contributed by atoms with Crippen LogP contribution in [0.2, 0.25) is 0 Å². The number of alkyl halides is 6. The van der Waals surface area contributed by atoms with Gasteiger partial charge < -0.3 is 30.7 Å². The monoisotopic (exact) mass is 882 g/mol. The highest BCUT2D eigenvalue weighted by atomic mass is 19.4. The first-order valence-electron chi connectivity index (χ1n) is 18.6. The third-order valence-electron chi connectivity index (χ3n) is 11.0. The van der Waals surface area contributed by atoms with Crippen LogP contribution in [-0.4, -0.2) is 58.0 Å². The highest BCUT2D eigenvalue weighted by molar-refractivity contribution is 6.02. The summed E-state index contributed by atoms with van der Waals surface area (Å²) in [6.07, 6.45) is -6.93. The Hall–Kier alpha value is -6.16. The Morgan fingerprint density at radius 3 is 1.35 bits per heavy atom. The Balaban J connectivity index is 0.000000186. The van der Waals surface area contributed by atoms with Crippen molar-refractivity contribution >= 4 is 35.0 Å².